The fourth-order valence-electron chi connectivity index (χ4n) is 3.55. The summed E-state index contributed by atoms with van der Waals surface area (Å²) in [5, 5.41) is 5.63. The maximum atomic E-state index is 12.9. The van der Waals surface area contributed by atoms with Crippen LogP contribution in [0.3, 0.4) is 0 Å². The van der Waals surface area contributed by atoms with Crippen molar-refractivity contribution in [3.8, 4) is 28.5 Å². The molecule has 0 unspecified atom stereocenters. The van der Waals surface area contributed by atoms with Crippen molar-refractivity contribution in [2.24, 2.45) is 0 Å². The number of fused-ring (bicyclic) bond motifs is 1. The standard InChI is InChI=1S/C24H24N4O5S/c1-31-19-8-5-4-7-15(19)18-13-34-24(26-18)27-22(29)9-6-10-28-14-25-17-12-21(33-3)20(32-2)11-16(17)23(28)30/h4-5,7-8,11-14H,6,9-10H2,1-3H3,(H,26,27,29). The molecule has 0 fully saturated rings. The van der Waals surface area contributed by atoms with Gasteiger partial charge >= 0.3 is 0 Å². The number of aromatic nitrogens is 3. The predicted molar refractivity (Wildman–Crippen MR) is 131 cm³/mol. The third-order valence-electron chi connectivity index (χ3n) is 5.27. The molecule has 0 atom stereocenters. The monoisotopic (exact) mass is 480 g/mol. The van der Waals surface area contributed by atoms with E-state index in [1.54, 1.807) is 19.2 Å². The molecule has 10 heteroatoms. The Morgan fingerprint density at radius 1 is 1.06 bits per heavy atom. The molecule has 1 N–H and O–H groups in total. The van der Waals surface area contributed by atoms with Gasteiger partial charge in [-0.3, -0.25) is 14.2 Å². The van der Waals surface area contributed by atoms with E-state index in [1.165, 1.54) is 36.5 Å². The van der Waals surface area contributed by atoms with Crippen molar-refractivity contribution in [2.75, 3.05) is 26.6 Å². The average Bonchev–Trinajstić information content (AvgIpc) is 3.32. The number of carbonyl (C=O) groups excluding carboxylic acids is 1. The minimum absolute atomic E-state index is 0.172. The maximum absolute atomic E-state index is 12.9. The van der Waals surface area contributed by atoms with Crippen molar-refractivity contribution in [2.45, 2.75) is 19.4 Å². The van der Waals surface area contributed by atoms with Crippen LogP contribution in [0.25, 0.3) is 22.2 Å². The van der Waals surface area contributed by atoms with Crippen LogP contribution in [0.1, 0.15) is 12.8 Å². The van der Waals surface area contributed by atoms with Gasteiger partial charge in [0.15, 0.2) is 16.6 Å². The third-order valence-corrected chi connectivity index (χ3v) is 6.02. The number of anilines is 1. The van der Waals surface area contributed by atoms with Crippen LogP contribution in [0, 0.1) is 0 Å². The molecule has 0 radical (unpaired) electrons. The third kappa shape index (κ3) is 4.86. The van der Waals surface area contributed by atoms with E-state index in [9.17, 15) is 9.59 Å². The summed E-state index contributed by atoms with van der Waals surface area (Å²) >= 11 is 1.35. The Morgan fingerprint density at radius 2 is 1.79 bits per heavy atom. The van der Waals surface area contributed by atoms with Gasteiger partial charge in [-0.2, -0.15) is 0 Å². The van der Waals surface area contributed by atoms with Crippen molar-refractivity contribution < 1.29 is 19.0 Å². The fourth-order valence-corrected chi connectivity index (χ4v) is 4.27. The number of para-hydroxylation sites is 1. The molecule has 0 saturated carbocycles. The molecule has 2 heterocycles. The number of thiazole rings is 1. The molecule has 4 rings (SSSR count). The highest BCUT2D eigenvalue weighted by Gasteiger charge is 2.13. The summed E-state index contributed by atoms with van der Waals surface area (Å²) in [6, 6.07) is 10.9. The summed E-state index contributed by atoms with van der Waals surface area (Å²) in [7, 11) is 4.65. The molecular formula is C24H24N4O5S. The lowest BCUT2D eigenvalue weighted by atomic mass is 10.1. The molecule has 0 aliphatic heterocycles. The lowest BCUT2D eigenvalue weighted by molar-refractivity contribution is -0.116. The van der Waals surface area contributed by atoms with Gasteiger partial charge in [-0.25, -0.2) is 9.97 Å². The highest BCUT2D eigenvalue weighted by atomic mass is 32.1. The summed E-state index contributed by atoms with van der Waals surface area (Å²) < 4.78 is 17.4. The first-order chi connectivity index (χ1) is 16.5. The molecule has 2 aromatic carbocycles. The average molecular weight is 481 g/mol. The predicted octanol–water partition coefficient (Wildman–Crippen LogP) is 3.96. The molecule has 0 spiro atoms. The van der Waals surface area contributed by atoms with E-state index in [-0.39, 0.29) is 17.9 Å². The second-order valence-corrected chi connectivity index (χ2v) is 8.22. The lowest BCUT2D eigenvalue weighted by Crippen LogP contribution is -2.22. The van der Waals surface area contributed by atoms with Crippen LogP contribution in [0.5, 0.6) is 17.2 Å². The van der Waals surface area contributed by atoms with Crippen LogP contribution in [0.15, 0.2) is 52.9 Å². The van der Waals surface area contributed by atoms with Crippen LogP contribution in [0.4, 0.5) is 5.13 Å². The zero-order valence-corrected chi connectivity index (χ0v) is 19.8. The van der Waals surface area contributed by atoms with Crippen molar-refractivity contribution in [3.63, 3.8) is 0 Å². The van der Waals surface area contributed by atoms with E-state index < -0.39 is 0 Å². The number of rotatable bonds is 9. The minimum Gasteiger partial charge on any atom is -0.496 e. The van der Waals surface area contributed by atoms with Gasteiger partial charge in [0.1, 0.15) is 5.75 Å². The van der Waals surface area contributed by atoms with Gasteiger partial charge in [0.05, 0.1) is 44.3 Å². The van der Waals surface area contributed by atoms with Crippen LogP contribution >= 0.6 is 11.3 Å². The topological polar surface area (TPSA) is 105 Å². The Bertz CT molecular complexity index is 1380. The first-order valence-electron chi connectivity index (χ1n) is 10.5. The van der Waals surface area contributed by atoms with Crippen LogP contribution in [-0.4, -0.2) is 41.8 Å². The molecule has 4 aromatic rings. The van der Waals surface area contributed by atoms with Gasteiger partial charge in [0, 0.05) is 30.0 Å². The summed E-state index contributed by atoms with van der Waals surface area (Å²) in [6.07, 6.45) is 2.19. The largest absolute Gasteiger partial charge is 0.496 e. The number of benzene rings is 2. The first kappa shape index (κ1) is 23.2. The lowest BCUT2D eigenvalue weighted by Gasteiger charge is -2.10. The van der Waals surface area contributed by atoms with Crippen molar-refractivity contribution in [1.29, 1.82) is 0 Å². The van der Waals surface area contributed by atoms with Crippen molar-refractivity contribution in [1.82, 2.24) is 14.5 Å². The highest BCUT2D eigenvalue weighted by molar-refractivity contribution is 7.14. The van der Waals surface area contributed by atoms with E-state index in [4.69, 9.17) is 14.2 Å². The van der Waals surface area contributed by atoms with Gasteiger partial charge in [-0.05, 0) is 24.6 Å². The number of nitrogens with zero attached hydrogens (tertiary/aromatic N) is 3. The molecule has 0 saturated heterocycles. The normalized spacial score (nSPS) is 10.8. The second kappa shape index (κ2) is 10.3. The van der Waals surface area contributed by atoms with Crippen molar-refractivity contribution in [3.05, 3.63) is 58.5 Å². The molecule has 2 aromatic heterocycles. The van der Waals surface area contributed by atoms with Gasteiger partial charge < -0.3 is 19.5 Å². The minimum atomic E-state index is -0.201. The number of carbonyl (C=O) groups is 1. The quantitative estimate of drug-likeness (QED) is 0.387. The molecule has 9 nitrogen and oxygen atoms in total. The SMILES string of the molecule is COc1cc2ncn(CCCC(=O)Nc3nc(-c4ccccc4OC)cs3)c(=O)c2cc1OC. The molecular weight excluding hydrogens is 456 g/mol. The van der Waals surface area contributed by atoms with Crippen molar-refractivity contribution >= 4 is 33.3 Å². The summed E-state index contributed by atoms with van der Waals surface area (Å²) in [4.78, 5) is 34.1. The Balaban J connectivity index is 1.38. The molecule has 0 bridgehead atoms. The van der Waals surface area contributed by atoms with Crippen LogP contribution in [0.2, 0.25) is 0 Å². The molecule has 176 valence electrons. The number of nitrogens with one attached hydrogen (secondary N) is 1. The smallest absolute Gasteiger partial charge is 0.261 e. The molecule has 1 amide bonds. The zero-order valence-electron chi connectivity index (χ0n) is 19.0. The Labute approximate surface area is 200 Å². The molecule has 34 heavy (non-hydrogen) atoms. The number of amides is 1. The van der Waals surface area contributed by atoms with E-state index in [1.807, 2.05) is 29.6 Å². The second-order valence-electron chi connectivity index (χ2n) is 7.36. The highest BCUT2D eigenvalue weighted by Crippen LogP contribution is 2.32. The number of methoxy groups -OCH3 is 3. The maximum Gasteiger partial charge on any atom is 0.261 e. The van der Waals surface area contributed by atoms with Crippen LogP contribution < -0.4 is 25.1 Å². The van der Waals surface area contributed by atoms with Gasteiger partial charge in [0.25, 0.3) is 5.56 Å². The van der Waals surface area contributed by atoms with E-state index >= 15 is 0 Å². The molecule has 0 aliphatic rings. The van der Waals surface area contributed by atoms with Gasteiger partial charge in [-0.1, -0.05) is 12.1 Å². The Hall–Kier alpha value is -3.92. The number of hydrogen-bond donors (Lipinski definition) is 1. The Morgan fingerprint density at radius 3 is 2.56 bits per heavy atom. The number of hydrogen-bond acceptors (Lipinski definition) is 8. The summed E-state index contributed by atoms with van der Waals surface area (Å²) in [6.45, 7) is 0.355. The van der Waals surface area contributed by atoms with Crippen LogP contribution in [-0.2, 0) is 11.3 Å². The van der Waals surface area contributed by atoms with E-state index in [0.29, 0.717) is 40.5 Å². The van der Waals surface area contributed by atoms with Gasteiger partial charge in [-0.15, -0.1) is 11.3 Å². The van der Waals surface area contributed by atoms with Gasteiger partial charge in [0.2, 0.25) is 5.91 Å². The number of aryl methyl sites for hydroxylation is 1. The van der Waals surface area contributed by atoms with E-state index in [0.717, 1.165) is 17.0 Å². The summed E-state index contributed by atoms with van der Waals surface area (Å²) in [5.74, 6) is 1.51. The Kier molecular flexibility index (Phi) is 7.07. The zero-order chi connectivity index (χ0) is 24.1. The van der Waals surface area contributed by atoms with E-state index in [2.05, 4.69) is 15.3 Å². The molecule has 0 aliphatic carbocycles. The fraction of sp³-hybridized carbons (Fsp3) is 0.250. The number of ether oxygens (including phenoxy) is 3. The summed E-state index contributed by atoms with van der Waals surface area (Å²) in [5.41, 5.74) is 1.91. The first-order valence-corrected chi connectivity index (χ1v) is 11.4.